The van der Waals surface area contributed by atoms with Crippen LogP contribution in [0.5, 0.6) is 11.5 Å². The smallest absolute Gasteiger partial charge is 0.259 e. The van der Waals surface area contributed by atoms with Gasteiger partial charge in [0.25, 0.3) is 5.91 Å². The molecular weight excluding hydrogens is 404 g/mol. The highest BCUT2D eigenvalue weighted by atomic mass is 16.5. The largest absolute Gasteiger partial charge is 0.490 e. The minimum atomic E-state index is -0.248. The summed E-state index contributed by atoms with van der Waals surface area (Å²) >= 11 is 0. The Bertz CT molecular complexity index is 1100. The summed E-state index contributed by atoms with van der Waals surface area (Å²) in [7, 11) is 0. The fourth-order valence-electron chi connectivity index (χ4n) is 3.09. The first-order valence-electron chi connectivity index (χ1n) is 10.4. The van der Waals surface area contributed by atoms with E-state index in [0.29, 0.717) is 54.7 Å². The van der Waals surface area contributed by atoms with Gasteiger partial charge in [0.15, 0.2) is 0 Å². The second kappa shape index (κ2) is 11.5. The number of aryl methyl sites for hydroxylation is 1. The number of carbonyl (C=O) groups excluding carboxylic acids is 1. The molecule has 0 saturated carbocycles. The highest BCUT2D eigenvalue weighted by Crippen LogP contribution is 2.25. The number of hydrogen-bond donors (Lipinski definition) is 1. The van der Waals surface area contributed by atoms with Gasteiger partial charge in [-0.3, -0.25) is 4.79 Å². The first-order valence-corrected chi connectivity index (χ1v) is 10.4. The van der Waals surface area contributed by atoms with Gasteiger partial charge in [-0.1, -0.05) is 24.3 Å². The van der Waals surface area contributed by atoms with Gasteiger partial charge in [0.05, 0.1) is 23.8 Å². The summed E-state index contributed by atoms with van der Waals surface area (Å²) < 4.78 is 16.8. The van der Waals surface area contributed by atoms with Crippen LogP contribution in [-0.4, -0.2) is 25.7 Å². The van der Waals surface area contributed by atoms with Crippen LogP contribution in [0.3, 0.4) is 0 Å². The molecule has 6 heteroatoms. The van der Waals surface area contributed by atoms with Crippen molar-refractivity contribution in [3.63, 3.8) is 0 Å². The molecule has 0 radical (unpaired) electrons. The molecule has 3 aromatic carbocycles. The average Bonchev–Trinajstić information content (AvgIpc) is 2.82. The summed E-state index contributed by atoms with van der Waals surface area (Å²) in [6.07, 6.45) is 0. The summed E-state index contributed by atoms with van der Waals surface area (Å²) in [6, 6.07) is 22.0. The summed E-state index contributed by atoms with van der Waals surface area (Å²) in [5.41, 5.74) is 3.54. The lowest BCUT2D eigenvalue weighted by Gasteiger charge is -2.14. The van der Waals surface area contributed by atoms with E-state index in [9.17, 15) is 4.79 Å². The molecule has 32 heavy (non-hydrogen) atoms. The summed E-state index contributed by atoms with van der Waals surface area (Å²) in [4.78, 5) is 12.9. The third-order valence-corrected chi connectivity index (χ3v) is 4.73. The maximum atomic E-state index is 12.9. The topological polar surface area (TPSA) is 80.6 Å². The Morgan fingerprint density at radius 1 is 1.00 bits per heavy atom. The molecule has 1 N–H and O–H groups in total. The average molecular weight is 431 g/mol. The lowest BCUT2D eigenvalue weighted by atomic mass is 10.1. The van der Waals surface area contributed by atoms with Crippen molar-refractivity contribution in [3.05, 3.63) is 89.0 Å². The molecule has 0 bridgehead atoms. The molecule has 0 aromatic heterocycles. The predicted octanol–water partition coefficient (Wildman–Crippen LogP) is 5.11. The van der Waals surface area contributed by atoms with Crippen LogP contribution in [0.15, 0.2) is 66.7 Å². The van der Waals surface area contributed by atoms with E-state index >= 15 is 0 Å². The van der Waals surface area contributed by atoms with E-state index in [1.54, 1.807) is 36.4 Å². The molecule has 0 spiro atoms. The summed E-state index contributed by atoms with van der Waals surface area (Å²) in [5.74, 6) is 0.950. The van der Waals surface area contributed by atoms with Crippen LogP contribution >= 0.6 is 0 Å². The number of carbonyl (C=O) groups is 1. The third kappa shape index (κ3) is 6.34. The molecule has 0 aliphatic rings. The molecule has 3 rings (SSSR count). The van der Waals surface area contributed by atoms with Gasteiger partial charge in [0, 0.05) is 12.3 Å². The molecule has 0 atom stereocenters. The van der Waals surface area contributed by atoms with Gasteiger partial charge < -0.3 is 19.5 Å². The Kier molecular flexibility index (Phi) is 8.24. The third-order valence-electron chi connectivity index (χ3n) is 4.73. The maximum Gasteiger partial charge on any atom is 0.259 e. The number of anilines is 1. The van der Waals surface area contributed by atoms with E-state index in [-0.39, 0.29) is 5.91 Å². The van der Waals surface area contributed by atoms with Gasteiger partial charge in [-0.25, -0.2) is 0 Å². The van der Waals surface area contributed by atoms with Gasteiger partial charge in [-0.05, 0) is 67.4 Å². The fraction of sp³-hybridized carbons (Fsp3) is 0.231. The Hall–Kier alpha value is -3.82. The van der Waals surface area contributed by atoms with Crippen molar-refractivity contribution in [2.24, 2.45) is 0 Å². The zero-order chi connectivity index (χ0) is 22.8. The van der Waals surface area contributed by atoms with Gasteiger partial charge in [0.2, 0.25) is 0 Å². The SMILES string of the molecule is CCOCCOc1ccccc1C(=O)Nc1ccc(OCc2cccc(C#N)c2)cc1C. The molecule has 0 heterocycles. The van der Waals surface area contributed by atoms with E-state index < -0.39 is 0 Å². The number of benzene rings is 3. The van der Waals surface area contributed by atoms with Crippen LogP contribution in [0.25, 0.3) is 0 Å². The normalized spacial score (nSPS) is 10.3. The maximum absolute atomic E-state index is 12.9. The molecule has 164 valence electrons. The summed E-state index contributed by atoms with van der Waals surface area (Å²) in [5, 5.41) is 12.0. The first-order chi connectivity index (χ1) is 15.6. The van der Waals surface area contributed by atoms with Crippen molar-refractivity contribution < 1.29 is 19.0 Å². The monoisotopic (exact) mass is 430 g/mol. The Morgan fingerprint density at radius 3 is 2.62 bits per heavy atom. The first kappa shape index (κ1) is 22.9. The van der Waals surface area contributed by atoms with Crippen LogP contribution in [0, 0.1) is 18.3 Å². The van der Waals surface area contributed by atoms with Crippen molar-refractivity contribution in [1.82, 2.24) is 0 Å². The lowest BCUT2D eigenvalue weighted by molar-refractivity contribution is 0.0998. The van der Waals surface area contributed by atoms with Crippen molar-refractivity contribution in [2.75, 3.05) is 25.1 Å². The highest BCUT2D eigenvalue weighted by molar-refractivity contribution is 6.06. The lowest BCUT2D eigenvalue weighted by Crippen LogP contribution is -2.15. The molecule has 0 unspecified atom stereocenters. The molecule has 3 aromatic rings. The fourth-order valence-corrected chi connectivity index (χ4v) is 3.09. The Morgan fingerprint density at radius 2 is 1.84 bits per heavy atom. The van der Waals surface area contributed by atoms with Gasteiger partial charge in [0.1, 0.15) is 24.7 Å². The van der Waals surface area contributed by atoms with Crippen molar-refractivity contribution in [1.29, 1.82) is 5.26 Å². The van der Waals surface area contributed by atoms with Gasteiger partial charge >= 0.3 is 0 Å². The minimum Gasteiger partial charge on any atom is -0.490 e. The molecule has 1 amide bonds. The van der Waals surface area contributed by atoms with Gasteiger partial charge in [-0.15, -0.1) is 0 Å². The molecule has 0 aliphatic heterocycles. The number of nitrogens with one attached hydrogen (secondary N) is 1. The van der Waals surface area contributed by atoms with Crippen molar-refractivity contribution in [3.8, 4) is 17.6 Å². The van der Waals surface area contributed by atoms with E-state index in [4.69, 9.17) is 19.5 Å². The predicted molar refractivity (Wildman–Crippen MR) is 123 cm³/mol. The number of hydrogen-bond acceptors (Lipinski definition) is 5. The van der Waals surface area contributed by atoms with E-state index in [0.717, 1.165) is 11.1 Å². The van der Waals surface area contributed by atoms with Crippen LogP contribution < -0.4 is 14.8 Å². The van der Waals surface area contributed by atoms with Gasteiger partial charge in [-0.2, -0.15) is 5.26 Å². The zero-order valence-electron chi connectivity index (χ0n) is 18.3. The quantitative estimate of drug-likeness (QED) is 0.452. The number of ether oxygens (including phenoxy) is 3. The van der Waals surface area contributed by atoms with Crippen LogP contribution in [-0.2, 0) is 11.3 Å². The van der Waals surface area contributed by atoms with Crippen molar-refractivity contribution >= 4 is 11.6 Å². The number of nitriles is 1. The van der Waals surface area contributed by atoms with Crippen LogP contribution in [0.4, 0.5) is 5.69 Å². The highest BCUT2D eigenvalue weighted by Gasteiger charge is 2.14. The van der Waals surface area contributed by atoms with E-state index in [2.05, 4.69) is 11.4 Å². The minimum absolute atomic E-state index is 0.248. The molecule has 0 aliphatic carbocycles. The number of amides is 1. The standard InChI is InChI=1S/C26H26N2O4/c1-3-30-13-14-31-25-10-5-4-9-23(25)26(29)28-24-12-11-22(15-19(24)2)32-18-21-8-6-7-20(16-21)17-27/h4-12,15-16H,3,13-14,18H2,1-2H3,(H,28,29). The second-order valence-electron chi connectivity index (χ2n) is 7.07. The Balaban J connectivity index is 1.63. The molecule has 0 fully saturated rings. The van der Waals surface area contributed by atoms with E-state index in [1.807, 2.05) is 44.2 Å². The number of para-hydroxylation sites is 1. The van der Waals surface area contributed by atoms with Crippen molar-refractivity contribution in [2.45, 2.75) is 20.5 Å². The van der Waals surface area contributed by atoms with Crippen LogP contribution in [0.2, 0.25) is 0 Å². The van der Waals surface area contributed by atoms with Crippen LogP contribution in [0.1, 0.15) is 34.0 Å². The Labute approximate surface area is 188 Å². The molecule has 0 saturated heterocycles. The number of nitrogens with zero attached hydrogens (tertiary/aromatic N) is 1. The van der Waals surface area contributed by atoms with E-state index in [1.165, 1.54) is 0 Å². The summed E-state index contributed by atoms with van der Waals surface area (Å²) in [6.45, 7) is 5.65. The second-order valence-corrected chi connectivity index (χ2v) is 7.07. The molecule has 6 nitrogen and oxygen atoms in total. The zero-order valence-corrected chi connectivity index (χ0v) is 18.3. The molecular formula is C26H26N2O4. The number of rotatable bonds is 10.